The second-order valence-corrected chi connectivity index (χ2v) is 8.23. The van der Waals surface area contributed by atoms with Gasteiger partial charge in [0.1, 0.15) is 5.78 Å². The van der Waals surface area contributed by atoms with E-state index in [2.05, 4.69) is 0 Å². The molecule has 6 nitrogen and oxygen atoms in total. The van der Waals surface area contributed by atoms with Crippen LogP contribution in [0.5, 0.6) is 0 Å². The first-order valence-corrected chi connectivity index (χ1v) is 10.3. The zero-order chi connectivity index (χ0) is 19.8. The van der Waals surface area contributed by atoms with E-state index in [-0.39, 0.29) is 42.8 Å². The molecule has 5 atom stereocenters. The predicted molar refractivity (Wildman–Crippen MR) is 101 cm³/mol. The Balaban J connectivity index is 1.86. The predicted octanol–water partition coefficient (Wildman–Crippen LogP) is 2.45. The zero-order valence-corrected chi connectivity index (χ0v) is 16.0. The molecule has 2 aliphatic carbocycles. The van der Waals surface area contributed by atoms with E-state index in [0.717, 1.165) is 25.7 Å². The van der Waals surface area contributed by atoms with Crippen molar-refractivity contribution in [1.29, 1.82) is 0 Å². The number of aliphatic carboxylic acids is 1. The Labute approximate surface area is 161 Å². The van der Waals surface area contributed by atoms with E-state index in [9.17, 15) is 24.9 Å². The third kappa shape index (κ3) is 7.01. The van der Waals surface area contributed by atoms with Gasteiger partial charge in [0, 0.05) is 37.5 Å². The number of carboxylic acid groups (broad SMARTS) is 1. The lowest BCUT2D eigenvalue weighted by molar-refractivity contribution is -0.137. The summed E-state index contributed by atoms with van der Waals surface area (Å²) < 4.78 is 0. The molecule has 0 aromatic carbocycles. The molecular formula is C21H34O6. The average Bonchev–Trinajstić information content (AvgIpc) is 2.90. The fourth-order valence-electron chi connectivity index (χ4n) is 4.50. The molecule has 0 radical (unpaired) electrons. The van der Waals surface area contributed by atoms with E-state index in [1.807, 2.05) is 0 Å². The maximum absolute atomic E-state index is 12.2. The second-order valence-electron chi connectivity index (χ2n) is 8.23. The summed E-state index contributed by atoms with van der Waals surface area (Å²) in [7, 11) is 0. The number of Topliss-reactive ketones (excluding diaryl/α,β-unsaturated/α-hetero) is 1. The first-order valence-electron chi connectivity index (χ1n) is 10.3. The highest BCUT2D eigenvalue weighted by atomic mass is 16.4. The van der Waals surface area contributed by atoms with Gasteiger partial charge in [0.25, 0.3) is 0 Å². The molecule has 2 aliphatic rings. The van der Waals surface area contributed by atoms with Crippen LogP contribution in [0.15, 0.2) is 12.2 Å². The minimum Gasteiger partial charge on any atom is -0.481 e. The number of aliphatic hydroxyl groups excluding tert-OH is 3. The third-order valence-corrected chi connectivity index (χ3v) is 6.14. The normalized spacial score (nSPS) is 30.6. The monoisotopic (exact) mass is 382 g/mol. The Morgan fingerprint density at radius 3 is 2.33 bits per heavy atom. The highest BCUT2D eigenvalue weighted by molar-refractivity contribution is 5.78. The summed E-state index contributed by atoms with van der Waals surface area (Å²) in [5.41, 5.74) is 0. The molecule has 0 spiro atoms. The Morgan fingerprint density at radius 1 is 1.00 bits per heavy atom. The Bertz CT molecular complexity index is 511. The van der Waals surface area contributed by atoms with Gasteiger partial charge in [-0.3, -0.25) is 9.59 Å². The molecule has 4 N–H and O–H groups in total. The number of unbranched alkanes of at least 4 members (excludes halogenated alkanes) is 1. The molecule has 0 bridgehead atoms. The van der Waals surface area contributed by atoms with Crippen LogP contribution >= 0.6 is 0 Å². The van der Waals surface area contributed by atoms with Crippen LogP contribution in [0.4, 0.5) is 0 Å². The van der Waals surface area contributed by atoms with Gasteiger partial charge in [-0.05, 0) is 31.6 Å². The van der Waals surface area contributed by atoms with Gasteiger partial charge in [-0.15, -0.1) is 0 Å². The van der Waals surface area contributed by atoms with E-state index in [1.54, 1.807) is 12.2 Å². The summed E-state index contributed by atoms with van der Waals surface area (Å²) in [5, 5.41) is 39.6. The first-order chi connectivity index (χ1) is 12.9. The fourth-order valence-corrected chi connectivity index (χ4v) is 4.50. The zero-order valence-electron chi connectivity index (χ0n) is 16.0. The molecule has 0 aromatic rings. The third-order valence-electron chi connectivity index (χ3n) is 6.14. The second kappa shape index (κ2) is 10.9. The molecule has 0 aromatic heterocycles. The number of hydrogen-bond donors (Lipinski definition) is 4. The molecule has 2 fully saturated rings. The molecule has 0 heterocycles. The van der Waals surface area contributed by atoms with Crippen molar-refractivity contribution in [3.8, 4) is 0 Å². The van der Waals surface area contributed by atoms with Gasteiger partial charge in [0.15, 0.2) is 0 Å². The molecule has 0 aliphatic heterocycles. The largest absolute Gasteiger partial charge is 0.481 e. The summed E-state index contributed by atoms with van der Waals surface area (Å²) in [4.78, 5) is 22.7. The van der Waals surface area contributed by atoms with Crippen LogP contribution in [0.25, 0.3) is 0 Å². The highest BCUT2D eigenvalue weighted by Crippen LogP contribution is 2.37. The van der Waals surface area contributed by atoms with Crippen molar-refractivity contribution in [2.24, 2.45) is 17.8 Å². The SMILES string of the molecule is O=C(O)CCCCC(=O)C[C@@H]1[C@@H](/C=C/[C@@H](O)C2CCCCC2)[C@H](O)C[C@@H]1O. The van der Waals surface area contributed by atoms with Gasteiger partial charge in [-0.1, -0.05) is 31.4 Å². The van der Waals surface area contributed by atoms with Crippen molar-refractivity contribution in [2.75, 3.05) is 0 Å². The van der Waals surface area contributed by atoms with Crippen LogP contribution in [-0.2, 0) is 9.59 Å². The van der Waals surface area contributed by atoms with Crippen LogP contribution in [0, 0.1) is 17.8 Å². The molecule has 0 unspecified atom stereocenters. The summed E-state index contributed by atoms with van der Waals surface area (Å²) in [5.74, 6) is -1.29. The Hall–Kier alpha value is -1.24. The molecule has 2 rings (SSSR count). The summed E-state index contributed by atoms with van der Waals surface area (Å²) in [6.07, 6.45) is 8.85. The molecule has 2 saturated carbocycles. The Morgan fingerprint density at radius 2 is 1.67 bits per heavy atom. The maximum Gasteiger partial charge on any atom is 0.303 e. The van der Waals surface area contributed by atoms with Gasteiger partial charge in [-0.25, -0.2) is 0 Å². The Kier molecular flexibility index (Phi) is 8.93. The van der Waals surface area contributed by atoms with Crippen LogP contribution in [0.3, 0.4) is 0 Å². The van der Waals surface area contributed by atoms with Crippen LogP contribution in [0.2, 0.25) is 0 Å². The first kappa shape index (κ1) is 22.1. The topological polar surface area (TPSA) is 115 Å². The molecule has 154 valence electrons. The number of hydrogen-bond acceptors (Lipinski definition) is 5. The fraction of sp³-hybridized carbons (Fsp3) is 0.810. The van der Waals surface area contributed by atoms with E-state index in [4.69, 9.17) is 5.11 Å². The van der Waals surface area contributed by atoms with Crippen LogP contribution in [-0.4, -0.2) is 50.5 Å². The molecule has 6 heteroatoms. The van der Waals surface area contributed by atoms with Crippen LogP contribution in [0.1, 0.15) is 70.6 Å². The number of aliphatic hydroxyl groups is 3. The van der Waals surface area contributed by atoms with Gasteiger partial charge in [0.05, 0.1) is 18.3 Å². The molecular weight excluding hydrogens is 348 g/mol. The maximum atomic E-state index is 12.2. The van der Waals surface area contributed by atoms with Crippen molar-refractivity contribution in [1.82, 2.24) is 0 Å². The van der Waals surface area contributed by atoms with Gasteiger partial charge < -0.3 is 20.4 Å². The van der Waals surface area contributed by atoms with E-state index in [0.29, 0.717) is 19.3 Å². The van der Waals surface area contributed by atoms with E-state index < -0.39 is 24.3 Å². The van der Waals surface area contributed by atoms with Gasteiger partial charge in [0.2, 0.25) is 0 Å². The lowest BCUT2D eigenvalue weighted by atomic mass is 9.83. The number of ketones is 1. The lowest BCUT2D eigenvalue weighted by Gasteiger charge is -2.25. The highest BCUT2D eigenvalue weighted by Gasteiger charge is 2.41. The van der Waals surface area contributed by atoms with Crippen molar-refractivity contribution < 1.29 is 30.0 Å². The molecule has 0 saturated heterocycles. The number of carbonyl (C=O) groups excluding carboxylic acids is 1. The molecule has 27 heavy (non-hydrogen) atoms. The number of carboxylic acids is 1. The summed E-state index contributed by atoms with van der Waals surface area (Å²) in [6, 6.07) is 0. The quantitative estimate of drug-likeness (QED) is 0.341. The molecule has 0 amide bonds. The van der Waals surface area contributed by atoms with Crippen molar-refractivity contribution >= 4 is 11.8 Å². The van der Waals surface area contributed by atoms with Gasteiger partial charge in [-0.2, -0.15) is 0 Å². The van der Waals surface area contributed by atoms with Gasteiger partial charge >= 0.3 is 5.97 Å². The van der Waals surface area contributed by atoms with Crippen molar-refractivity contribution in [3.63, 3.8) is 0 Å². The number of rotatable bonds is 10. The standard InChI is InChI=1S/C21H34O6/c22-15(8-4-5-9-21(26)27)12-17-16(19(24)13-20(17)25)10-11-18(23)14-6-2-1-3-7-14/h10-11,14,16-20,23-25H,1-9,12-13H2,(H,26,27)/b11-10+/t16-,17-,18-,19-,20+/m1/s1. The summed E-state index contributed by atoms with van der Waals surface area (Å²) >= 11 is 0. The van der Waals surface area contributed by atoms with Crippen LogP contribution < -0.4 is 0 Å². The smallest absolute Gasteiger partial charge is 0.303 e. The minimum atomic E-state index is -0.862. The van der Waals surface area contributed by atoms with E-state index >= 15 is 0 Å². The average molecular weight is 382 g/mol. The van der Waals surface area contributed by atoms with E-state index in [1.165, 1.54) is 6.42 Å². The summed E-state index contributed by atoms with van der Waals surface area (Å²) in [6.45, 7) is 0. The lowest BCUT2D eigenvalue weighted by Crippen LogP contribution is -2.25. The number of carbonyl (C=O) groups is 2. The minimum absolute atomic E-state index is 0.00947. The van der Waals surface area contributed by atoms with Crippen molar-refractivity contribution in [2.45, 2.75) is 88.9 Å². The van der Waals surface area contributed by atoms with Crippen molar-refractivity contribution in [3.05, 3.63) is 12.2 Å².